The first-order chi connectivity index (χ1) is 14.0. The number of benzene rings is 2. The van der Waals surface area contributed by atoms with Crippen molar-refractivity contribution in [2.24, 2.45) is 0 Å². The van der Waals surface area contributed by atoms with Gasteiger partial charge in [-0.05, 0) is 42.5 Å². The first-order valence-corrected chi connectivity index (χ1v) is 9.80. The molecule has 146 valence electrons. The molecule has 3 amide bonds. The molecule has 0 bridgehead atoms. The highest BCUT2D eigenvalue weighted by atomic mass is 35.5. The number of hydrogen-bond donors (Lipinski definition) is 1. The molecule has 0 spiro atoms. The highest BCUT2D eigenvalue weighted by molar-refractivity contribution is 7.99. The summed E-state index contributed by atoms with van der Waals surface area (Å²) in [6, 6.07) is 16.2. The number of nitrogens with zero attached hydrogens (tertiary/aromatic N) is 1. The minimum Gasteiger partial charge on any atom is -0.450 e. The summed E-state index contributed by atoms with van der Waals surface area (Å²) in [5.41, 5.74) is 0.334. The van der Waals surface area contributed by atoms with E-state index in [0.717, 1.165) is 9.80 Å². The lowest BCUT2D eigenvalue weighted by Crippen LogP contribution is -2.30. The van der Waals surface area contributed by atoms with Crippen LogP contribution in [0.5, 0.6) is 0 Å². The van der Waals surface area contributed by atoms with Crippen molar-refractivity contribution in [3.63, 3.8) is 0 Å². The molecule has 4 rings (SSSR count). The van der Waals surface area contributed by atoms with Crippen LogP contribution in [0.2, 0.25) is 5.02 Å². The molecule has 2 aromatic carbocycles. The van der Waals surface area contributed by atoms with E-state index in [1.54, 1.807) is 36.4 Å². The smallest absolute Gasteiger partial charge is 0.329 e. The summed E-state index contributed by atoms with van der Waals surface area (Å²) in [4.78, 5) is 26.6. The molecule has 0 saturated carbocycles. The van der Waals surface area contributed by atoms with E-state index in [1.165, 1.54) is 30.0 Å². The summed E-state index contributed by atoms with van der Waals surface area (Å²) < 4.78 is 19.5. The van der Waals surface area contributed by atoms with Crippen LogP contribution in [0.1, 0.15) is 11.3 Å². The van der Waals surface area contributed by atoms with E-state index in [-0.39, 0.29) is 17.8 Å². The van der Waals surface area contributed by atoms with E-state index in [4.69, 9.17) is 16.0 Å². The Morgan fingerprint density at radius 2 is 1.83 bits per heavy atom. The number of imide groups is 1. The quantitative estimate of drug-likeness (QED) is 0.441. The van der Waals surface area contributed by atoms with Crippen LogP contribution in [0.15, 0.2) is 80.8 Å². The third-order valence-corrected chi connectivity index (χ3v) is 5.35. The Balaban J connectivity index is 1.48. The molecular weight excluding hydrogens is 415 g/mol. The molecule has 0 atom stereocenters. The number of furan rings is 1. The van der Waals surface area contributed by atoms with Gasteiger partial charge in [-0.15, -0.1) is 0 Å². The maximum absolute atomic E-state index is 13.8. The molecule has 0 aliphatic carbocycles. The molecule has 1 aromatic heterocycles. The number of nitrogens with one attached hydrogen (secondary N) is 1. The maximum atomic E-state index is 13.8. The third kappa shape index (κ3) is 4.36. The van der Waals surface area contributed by atoms with Gasteiger partial charge in [-0.2, -0.15) is 0 Å². The summed E-state index contributed by atoms with van der Waals surface area (Å²) in [5.74, 6) is -0.597. The Hall–Kier alpha value is -3.03. The molecule has 1 aliphatic rings. The average Bonchev–Trinajstić information content (AvgIpc) is 3.25. The van der Waals surface area contributed by atoms with Crippen molar-refractivity contribution in [3.8, 4) is 0 Å². The number of rotatable bonds is 5. The van der Waals surface area contributed by atoms with E-state index < -0.39 is 17.8 Å². The van der Waals surface area contributed by atoms with Crippen LogP contribution in [0.4, 0.5) is 9.18 Å². The Labute approximate surface area is 175 Å². The van der Waals surface area contributed by atoms with Crippen LogP contribution in [0.3, 0.4) is 0 Å². The first kappa shape index (κ1) is 19.3. The average molecular weight is 429 g/mol. The minimum absolute atomic E-state index is 0.0729. The number of hydrogen-bond acceptors (Lipinski definition) is 4. The Morgan fingerprint density at radius 3 is 2.59 bits per heavy atom. The van der Waals surface area contributed by atoms with Crippen molar-refractivity contribution in [2.45, 2.75) is 16.5 Å². The largest absolute Gasteiger partial charge is 0.450 e. The SMILES string of the molecule is O=C1N/C(=C/c2ccc(Sc3ccc(Cl)cc3)o2)C(=O)N1Cc1ccccc1F. The molecule has 1 aliphatic heterocycles. The fraction of sp³-hybridized carbons (Fsp3) is 0.0476. The van der Waals surface area contributed by atoms with Crippen LogP contribution in [-0.4, -0.2) is 16.8 Å². The standard InChI is InChI=1S/C21H14ClFN2O3S/c22-14-5-8-16(9-6-14)29-19-10-7-15(28-19)11-18-20(26)25(21(27)24-18)12-13-3-1-2-4-17(13)23/h1-11H,12H2,(H,24,27)/b18-11+. The summed E-state index contributed by atoms with van der Waals surface area (Å²) in [6.07, 6.45) is 1.45. The highest BCUT2D eigenvalue weighted by Gasteiger charge is 2.34. The molecule has 3 aromatic rings. The topological polar surface area (TPSA) is 62.6 Å². The number of carbonyl (C=O) groups is 2. The van der Waals surface area contributed by atoms with Crippen molar-refractivity contribution in [2.75, 3.05) is 0 Å². The Bertz CT molecular complexity index is 1110. The second-order valence-corrected chi connectivity index (χ2v) is 7.70. The fourth-order valence-electron chi connectivity index (χ4n) is 2.74. The van der Waals surface area contributed by atoms with Crippen LogP contribution < -0.4 is 5.32 Å². The van der Waals surface area contributed by atoms with E-state index >= 15 is 0 Å². The highest BCUT2D eigenvalue weighted by Crippen LogP contribution is 2.31. The molecule has 0 radical (unpaired) electrons. The number of amides is 3. The van der Waals surface area contributed by atoms with Crippen LogP contribution in [0, 0.1) is 5.82 Å². The number of carbonyl (C=O) groups excluding carboxylic acids is 2. The van der Waals surface area contributed by atoms with Gasteiger partial charge in [-0.1, -0.05) is 41.6 Å². The molecule has 5 nitrogen and oxygen atoms in total. The van der Waals surface area contributed by atoms with Gasteiger partial charge >= 0.3 is 6.03 Å². The van der Waals surface area contributed by atoms with Crippen molar-refractivity contribution in [3.05, 3.63) is 88.5 Å². The monoisotopic (exact) mass is 428 g/mol. The summed E-state index contributed by atoms with van der Waals surface area (Å²) in [6.45, 7) is -0.148. The van der Waals surface area contributed by atoms with Gasteiger partial charge in [0.1, 0.15) is 17.3 Å². The Morgan fingerprint density at radius 1 is 1.07 bits per heavy atom. The fourth-order valence-corrected chi connectivity index (χ4v) is 3.64. The van der Waals surface area contributed by atoms with Crippen molar-refractivity contribution >= 4 is 41.4 Å². The predicted molar refractivity (Wildman–Crippen MR) is 108 cm³/mol. The molecule has 1 saturated heterocycles. The van der Waals surface area contributed by atoms with Gasteiger partial charge < -0.3 is 9.73 Å². The van der Waals surface area contributed by atoms with Gasteiger partial charge in [0, 0.05) is 21.6 Å². The normalized spacial score (nSPS) is 15.2. The molecule has 0 unspecified atom stereocenters. The van der Waals surface area contributed by atoms with Crippen LogP contribution >= 0.6 is 23.4 Å². The van der Waals surface area contributed by atoms with Gasteiger partial charge in [0.25, 0.3) is 5.91 Å². The van der Waals surface area contributed by atoms with Crippen LogP contribution in [0.25, 0.3) is 6.08 Å². The van der Waals surface area contributed by atoms with Crippen molar-refractivity contribution in [1.82, 2.24) is 10.2 Å². The van der Waals surface area contributed by atoms with Crippen molar-refractivity contribution < 1.29 is 18.4 Å². The molecule has 8 heteroatoms. The lowest BCUT2D eigenvalue weighted by atomic mass is 10.2. The van der Waals surface area contributed by atoms with Gasteiger partial charge in [-0.3, -0.25) is 9.69 Å². The van der Waals surface area contributed by atoms with Gasteiger partial charge in [-0.25, -0.2) is 9.18 Å². The first-order valence-electron chi connectivity index (χ1n) is 8.61. The van der Waals surface area contributed by atoms with Gasteiger partial charge in [0.05, 0.1) is 6.54 Å². The zero-order chi connectivity index (χ0) is 20.4. The van der Waals surface area contributed by atoms with E-state index in [0.29, 0.717) is 15.9 Å². The van der Waals surface area contributed by atoms with E-state index in [9.17, 15) is 14.0 Å². The second kappa shape index (κ2) is 8.14. The van der Waals surface area contributed by atoms with Crippen molar-refractivity contribution in [1.29, 1.82) is 0 Å². The second-order valence-electron chi connectivity index (χ2n) is 6.18. The van der Waals surface area contributed by atoms with E-state index in [1.807, 2.05) is 12.1 Å². The molecule has 1 fully saturated rings. The number of urea groups is 1. The molecule has 2 heterocycles. The van der Waals surface area contributed by atoms with E-state index in [2.05, 4.69) is 5.32 Å². The summed E-state index contributed by atoms with van der Waals surface area (Å²) in [5, 5.41) is 3.77. The van der Waals surface area contributed by atoms with Gasteiger partial charge in [0.15, 0.2) is 5.09 Å². The summed E-state index contributed by atoms with van der Waals surface area (Å²) >= 11 is 7.28. The predicted octanol–water partition coefficient (Wildman–Crippen LogP) is 5.32. The molecular formula is C21H14ClFN2O3S. The Kier molecular flexibility index (Phi) is 5.42. The third-order valence-electron chi connectivity index (χ3n) is 4.17. The van der Waals surface area contributed by atoms with Crippen LogP contribution in [-0.2, 0) is 11.3 Å². The molecule has 1 N–H and O–H groups in total. The minimum atomic E-state index is -0.605. The molecule has 29 heavy (non-hydrogen) atoms. The van der Waals surface area contributed by atoms with Gasteiger partial charge in [0.2, 0.25) is 0 Å². The maximum Gasteiger partial charge on any atom is 0.329 e. The zero-order valence-corrected chi connectivity index (χ0v) is 16.5. The summed E-state index contributed by atoms with van der Waals surface area (Å²) in [7, 11) is 0. The lowest BCUT2D eigenvalue weighted by Gasteiger charge is -2.12. The zero-order valence-electron chi connectivity index (χ0n) is 14.9. The number of halogens is 2. The lowest BCUT2D eigenvalue weighted by molar-refractivity contribution is -0.123.